The molecule has 1 aromatic heterocycles. The lowest BCUT2D eigenvalue weighted by Crippen LogP contribution is -2.32. The van der Waals surface area contributed by atoms with E-state index in [1.807, 2.05) is 30.5 Å². The second-order valence-corrected chi connectivity index (χ2v) is 7.24. The summed E-state index contributed by atoms with van der Waals surface area (Å²) in [5.41, 5.74) is 8.63. The summed E-state index contributed by atoms with van der Waals surface area (Å²) >= 11 is 0. The predicted molar refractivity (Wildman–Crippen MR) is 112 cm³/mol. The van der Waals surface area contributed by atoms with Crippen LogP contribution in [0.2, 0.25) is 0 Å². The van der Waals surface area contributed by atoms with Crippen LogP contribution in [-0.2, 0) is 24.2 Å². The van der Waals surface area contributed by atoms with E-state index in [0.29, 0.717) is 0 Å². The van der Waals surface area contributed by atoms with Gasteiger partial charge >= 0.3 is 0 Å². The van der Waals surface area contributed by atoms with Gasteiger partial charge in [-0.1, -0.05) is 48.5 Å². The Morgan fingerprint density at radius 1 is 1.21 bits per heavy atom. The zero-order valence-corrected chi connectivity index (χ0v) is 16.1. The van der Waals surface area contributed by atoms with Crippen LogP contribution in [0.15, 0.2) is 60.8 Å². The lowest BCUT2D eigenvalue weighted by atomic mass is 9.96. The van der Waals surface area contributed by atoms with Crippen molar-refractivity contribution in [3.63, 3.8) is 0 Å². The van der Waals surface area contributed by atoms with Crippen molar-refractivity contribution in [2.45, 2.75) is 19.4 Å². The van der Waals surface area contributed by atoms with Crippen LogP contribution in [0.3, 0.4) is 0 Å². The number of aromatic amines is 1. The molecule has 1 aliphatic rings. The van der Waals surface area contributed by atoms with E-state index in [4.69, 9.17) is 5.21 Å². The molecule has 0 spiro atoms. The van der Waals surface area contributed by atoms with Gasteiger partial charge in [0, 0.05) is 37.5 Å². The van der Waals surface area contributed by atoms with E-state index in [-0.39, 0.29) is 0 Å². The van der Waals surface area contributed by atoms with E-state index >= 15 is 0 Å². The molecular weight excluding hydrogens is 364 g/mol. The summed E-state index contributed by atoms with van der Waals surface area (Å²) in [6.45, 7) is 2.92. The maximum absolute atomic E-state index is 11.1. The van der Waals surface area contributed by atoms with E-state index in [9.17, 15) is 4.79 Å². The number of amides is 1. The summed E-state index contributed by atoms with van der Waals surface area (Å²) < 4.78 is 0. The number of hydroxylamine groups is 1. The average molecular weight is 388 g/mol. The van der Waals surface area contributed by atoms with Crippen LogP contribution in [0.1, 0.15) is 22.3 Å². The summed E-state index contributed by atoms with van der Waals surface area (Å²) in [4.78, 5) is 13.6. The molecule has 0 atom stereocenters. The second-order valence-electron chi connectivity index (χ2n) is 7.24. The van der Waals surface area contributed by atoms with Gasteiger partial charge in [0.1, 0.15) is 0 Å². The quantitative estimate of drug-likeness (QED) is 0.344. The van der Waals surface area contributed by atoms with Gasteiger partial charge < -0.3 is 0 Å². The molecule has 1 aliphatic heterocycles. The van der Waals surface area contributed by atoms with Crippen molar-refractivity contribution in [1.29, 1.82) is 0 Å². The minimum Gasteiger partial charge on any atom is -0.298 e. The molecule has 29 heavy (non-hydrogen) atoms. The third kappa shape index (κ3) is 4.62. The average Bonchev–Trinajstić information content (AvgIpc) is 3.25. The number of carbonyl (C=O) groups excluding carboxylic acids is 1. The zero-order chi connectivity index (χ0) is 20.1. The van der Waals surface area contributed by atoms with Gasteiger partial charge in [-0.3, -0.25) is 20.0 Å². The molecule has 3 aromatic rings. The van der Waals surface area contributed by atoms with Gasteiger partial charge in [-0.2, -0.15) is 5.10 Å². The number of rotatable bonds is 6. The third-order valence-corrected chi connectivity index (χ3v) is 5.32. The van der Waals surface area contributed by atoms with Gasteiger partial charge in [0.15, 0.2) is 0 Å². The number of hydrogen-bond acceptors (Lipinski definition) is 4. The monoisotopic (exact) mass is 388 g/mol. The summed E-state index contributed by atoms with van der Waals surface area (Å²) in [6, 6.07) is 16.5. The Hall–Kier alpha value is -3.22. The van der Waals surface area contributed by atoms with Crippen LogP contribution in [-0.4, -0.2) is 39.3 Å². The van der Waals surface area contributed by atoms with Gasteiger partial charge in [0.05, 0.1) is 5.69 Å². The smallest absolute Gasteiger partial charge is 0.267 e. The molecule has 2 aromatic carbocycles. The van der Waals surface area contributed by atoms with Crippen LogP contribution in [0.5, 0.6) is 0 Å². The normalized spacial score (nSPS) is 14.1. The maximum Gasteiger partial charge on any atom is 0.267 e. The third-order valence-electron chi connectivity index (χ3n) is 5.32. The highest BCUT2D eigenvalue weighted by molar-refractivity contribution is 5.90. The topological polar surface area (TPSA) is 81.2 Å². The molecule has 0 unspecified atom stereocenters. The molecular formula is C23H24N4O2. The Kier molecular flexibility index (Phi) is 5.84. The summed E-state index contributed by atoms with van der Waals surface area (Å²) in [5.74, 6) is -0.525. The molecule has 6 nitrogen and oxygen atoms in total. The van der Waals surface area contributed by atoms with Crippen LogP contribution in [0, 0.1) is 0 Å². The number of carbonyl (C=O) groups is 1. The van der Waals surface area contributed by atoms with Crippen LogP contribution in [0.4, 0.5) is 0 Å². The SMILES string of the molecule is O=C(C=Cc1ccc2c(c1)CCN(CCc1c[nH]nc1-c1ccccc1)C2)NO. The van der Waals surface area contributed by atoms with E-state index in [0.717, 1.165) is 49.3 Å². The fraction of sp³-hybridized carbons (Fsp3) is 0.217. The number of H-pyrrole nitrogens is 1. The molecule has 0 radical (unpaired) electrons. The lowest BCUT2D eigenvalue weighted by molar-refractivity contribution is -0.124. The Morgan fingerprint density at radius 2 is 2.07 bits per heavy atom. The van der Waals surface area contributed by atoms with E-state index in [1.54, 1.807) is 11.6 Å². The van der Waals surface area contributed by atoms with Crippen LogP contribution in [0.25, 0.3) is 17.3 Å². The molecule has 3 N–H and O–H groups in total. The maximum atomic E-state index is 11.1. The Labute approximate surface area is 169 Å². The lowest BCUT2D eigenvalue weighted by Gasteiger charge is -2.29. The summed E-state index contributed by atoms with van der Waals surface area (Å²) in [5, 5.41) is 16.0. The highest BCUT2D eigenvalue weighted by atomic mass is 16.5. The van der Waals surface area contributed by atoms with Crippen molar-refractivity contribution in [3.8, 4) is 11.3 Å². The first-order chi connectivity index (χ1) is 14.2. The molecule has 0 saturated heterocycles. The van der Waals surface area contributed by atoms with Crippen LogP contribution >= 0.6 is 0 Å². The molecule has 2 heterocycles. The minimum absolute atomic E-state index is 0.525. The molecule has 1 amide bonds. The molecule has 6 heteroatoms. The molecule has 148 valence electrons. The number of benzene rings is 2. The summed E-state index contributed by atoms with van der Waals surface area (Å²) in [7, 11) is 0. The molecule has 0 saturated carbocycles. The first kappa shape index (κ1) is 19.1. The van der Waals surface area contributed by atoms with Gasteiger partial charge in [0.25, 0.3) is 5.91 Å². The van der Waals surface area contributed by atoms with E-state index < -0.39 is 5.91 Å². The fourth-order valence-corrected chi connectivity index (χ4v) is 3.77. The first-order valence-electron chi connectivity index (χ1n) is 9.77. The molecule has 0 aliphatic carbocycles. The number of aromatic nitrogens is 2. The minimum atomic E-state index is -0.525. The second kappa shape index (κ2) is 8.86. The number of hydrogen-bond donors (Lipinski definition) is 3. The van der Waals surface area contributed by atoms with Crippen molar-refractivity contribution in [2.75, 3.05) is 13.1 Å². The highest BCUT2D eigenvalue weighted by Crippen LogP contribution is 2.24. The molecule has 0 bridgehead atoms. The first-order valence-corrected chi connectivity index (χ1v) is 9.77. The largest absolute Gasteiger partial charge is 0.298 e. The van der Waals surface area contributed by atoms with Crippen molar-refractivity contribution in [1.82, 2.24) is 20.6 Å². The van der Waals surface area contributed by atoms with Gasteiger partial charge in [-0.25, -0.2) is 5.48 Å². The van der Waals surface area contributed by atoms with Crippen molar-refractivity contribution >= 4 is 12.0 Å². The van der Waals surface area contributed by atoms with Gasteiger partial charge in [-0.05, 0) is 41.2 Å². The highest BCUT2D eigenvalue weighted by Gasteiger charge is 2.17. The number of nitrogens with zero attached hydrogens (tertiary/aromatic N) is 2. The Morgan fingerprint density at radius 3 is 2.90 bits per heavy atom. The van der Waals surface area contributed by atoms with Crippen molar-refractivity contribution in [2.24, 2.45) is 0 Å². The molecule has 4 rings (SSSR count). The molecule has 0 fully saturated rings. The number of fused-ring (bicyclic) bond motifs is 1. The zero-order valence-electron chi connectivity index (χ0n) is 16.1. The van der Waals surface area contributed by atoms with Gasteiger partial charge in [-0.15, -0.1) is 0 Å². The van der Waals surface area contributed by atoms with Crippen molar-refractivity contribution in [3.05, 3.63) is 83.1 Å². The van der Waals surface area contributed by atoms with Crippen molar-refractivity contribution < 1.29 is 10.0 Å². The standard InChI is InChI=1S/C23H24N4O2/c28-22(26-29)9-7-17-6-8-21-16-27(12-10-19(21)14-17)13-11-20-15-24-25-23(20)18-4-2-1-3-5-18/h1-9,14-15,29H,10-13,16H2,(H,24,25)(H,26,28). The predicted octanol–water partition coefficient (Wildman–Crippen LogP) is 3.20. The van der Waals surface area contributed by atoms with E-state index in [2.05, 4.69) is 39.4 Å². The Bertz CT molecular complexity index is 1010. The van der Waals surface area contributed by atoms with E-state index in [1.165, 1.54) is 22.8 Å². The summed E-state index contributed by atoms with van der Waals surface area (Å²) in [6.07, 6.45) is 6.98. The van der Waals surface area contributed by atoms with Gasteiger partial charge in [0.2, 0.25) is 0 Å². The Balaban J connectivity index is 1.38. The fourth-order valence-electron chi connectivity index (χ4n) is 3.77. The number of nitrogens with one attached hydrogen (secondary N) is 2. The van der Waals surface area contributed by atoms with Crippen LogP contribution < -0.4 is 5.48 Å².